The van der Waals surface area contributed by atoms with Crippen molar-refractivity contribution in [3.05, 3.63) is 54.2 Å². The molecule has 0 aliphatic carbocycles. The molecular weight excluding hydrogens is 491 g/mol. The number of aromatic nitrogens is 6. The highest BCUT2D eigenvalue weighted by Gasteiger charge is 2.27. The van der Waals surface area contributed by atoms with E-state index in [1.807, 2.05) is 6.07 Å². The minimum atomic E-state index is -2.60. The van der Waals surface area contributed by atoms with E-state index in [4.69, 9.17) is 5.26 Å². The van der Waals surface area contributed by atoms with E-state index in [2.05, 4.69) is 30.8 Å². The lowest BCUT2D eigenvalue weighted by atomic mass is 10.0. The molecule has 0 aromatic carbocycles. The van der Waals surface area contributed by atoms with Gasteiger partial charge in [-0.25, -0.2) is 22.7 Å². The molecule has 4 aromatic heterocycles. The molecule has 192 valence electrons. The third kappa shape index (κ3) is 5.84. The molecule has 0 bridgehead atoms. The molecule has 4 rings (SSSR count). The number of rotatable bonds is 9. The van der Waals surface area contributed by atoms with Crippen molar-refractivity contribution >= 4 is 23.1 Å². The number of hydrogen-bond donors (Lipinski definition) is 3. The summed E-state index contributed by atoms with van der Waals surface area (Å²) < 4.78 is 42.1. The topological polar surface area (TPSA) is 146 Å². The van der Waals surface area contributed by atoms with Crippen LogP contribution in [-0.4, -0.2) is 65.1 Å². The molecular formula is C23H22F3N9O2. The summed E-state index contributed by atoms with van der Waals surface area (Å²) in [5.74, 6) is -0.500. The van der Waals surface area contributed by atoms with Crippen molar-refractivity contribution in [1.82, 2.24) is 34.7 Å². The number of amides is 1. The minimum absolute atomic E-state index is 0.0197. The molecule has 1 atom stereocenters. The highest BCUT2D eigenvalue weighted by Crippen LogP contribution is 2.28. The predicted octanol–water partition coefficient (Wildman–Crippen LogP) is 2.71. The highest BCUT2D eigenvalue weighted by atomic mass is 19.3. The molecule has 11 nitrogen and oxygen atoms in total. The Morgan fingerprint density at radius 1 is 1.24 bits per heavy atom. The van der Waals surface area contributed by atoms with Gasteiger partial charge in [0.15, 0.2) is 11.5 Å². The summed E-state index contributed by atoms with van der Waals surface area (Å²) in [7, 11) is 0. The number of fused-ring (bicyclic) bond motifs is 1. The lowest BCUT2D eigenvalue weighted by Gasteiger charge is -2.22. The zero-order valence-electron chi connectivity index (χ0n) is 19.7. The molecule has 0 spiro atoms. The highest BCUT2D eigenvalue weighted by molar-refractivity contribution is 6.00. The number of hydrogen-bond acceptors (Lipinski definition) is 8. The molecule has 0 unspecified atom stereocenters. The first-order valence-corrected chi connectivity index (χ1v) is 11.0. The number of nitriles is 1. The Balaban J connectivity index is 1.69. The zero-order valence-corrected chi connectivity index (χ0v) is 19.7. The second-order valence-electron chi connectivity index (χ2n) is 8.67. The summed E-state index contributed by atoms with van der Waals surface area (Å²) in [6, 6.07) is 4.95. The van der Waals surface area contributed by atoms with Crippen LogP contribution >= 0.6 is 0 Å². The molecule has 0 aliphatic rings. The van der Waals surface area contributed by atoms with Crippen LogP contribution in [0.3, 0.4) is 0 Å². The van der Waals surface area contributed by atoms with Gasteiger partial charge < -0.3 is 15.7 Å². The predicted molar refractivity (Wildman–Crippen MR) is 126 cm³/mol. The number of nitrogens with one attached hydrogen (secondary N) is 2. The Hall–Kier alpha value is -4.51. The van der Waals surface area contributed by atoms with Crippen LogP contribution in [0.2, 0.25) is 0 Å². The van der Waals surface area contributed by atoms with Gasteiger partial charge in [0.1, 0.15) is 18.8 Å². The van der Waals surface area contributed by atoms with E-state index in [9.17, 15) is 23.1 Å². The Bertz CT molecular complexity index is 1470. The van der Waals surface area contributed by atoms with Gasteiger partial charge in [0.05, 0.1) is 52.6 Å². The van der Waals surface area contributed by atoms with Crippen LogP contribution in [0.4, 0.5) is 24.7 Å². The van der Waals surface area contributed by atoms with E-state index in [1.165, 1.54) is 61.5 Å². The number of pyridine rings is 1. The van der Waals surface area contributed by atoms with Crippen LogP contribution in [0.5, 0.6) is 0 Å². The average molecular weight is 513 g/mol. The number of aliphatic hydroxyl groups is 1. The molecule has 4 heterocycles. The van der Waals surface area contributed by atoms with E-state index < -0.39 is 37.2 Å². The maximum Gasteiger partial charge on any atom is 0.257 e. The summed E-state index contributed by atoms with van der Waals surface area (Å²) in [5, 5.41) is 32.4. The van der Waals surface area contributed by atoms with Crippen LogP contribution in [0, 0.1) is 11.3 Å². The van der Waals surface area contributed by atoms with Crippen molar-refractivity contribution in [1.29, 1.82) is 5.26 Å². The SMILES string of the molecule is CC(C)(O)[C@H](F)CNC(=O)c1cnc(-c2cnn3cc(C#N)cnc23)cc1Nc1ccn(CC(F)F)n1. The molecule has 3 N–H and O–H groups in total. The van der Waals surface area contributed by atoms with E-state index in [0.717, 1.165) is 4.68 Å². The molecule has 0 radical (unpaired) electrons. The van der Waals surface area contributed by atoms with E-state index in [0.29, 0.717) is 22.5 Å². The van der Waals surface area contributed by atoms with Crippen molar-refractivity contribution in [3.63, 3.8) is 0 Å². The Morgan fingerprint density at radius 3 is 2.73 bits per heavy atom. The van der Waals surface area contributed by atoms with Crippen molar-refractivity contribution in [2.24, 2.45) is 0 Å². The lowest BCUT2D eigenvalue weighted by molar-refractivity contribution is -0.00177. The molecule has 0 fully saturated rings. The Morgan fingerprint density at radius 2 is 2.03 bits per heavy atom. The summed E-state index contributed by atoms with van der Waals surface area (Å²) in [6.45, 7) is 1.51. The molecule has 0 saturated carbocycles. The smallest absolute Gasteiger partial charge is 0.257 e. The monoisotopic (exact) mass is 513 g/mol. The molecule has 1 amide bonds. The van der Waals surface area contributed by atoms with Gasteiger partial charge in [-0.3, -0.25) is 14.5 Å². The van der Waals surface area contributed by atoms with Crippen LogP contribution in [0.15, 0.2) is 43.1 Å². The summed E-state index contributed by atoms with van der Waals surface area (Å²) >= 11 is 0. The Kier molecular flexibility index (Phi) is 7.07. The maximum atomic E-state index is 14.2. The summed E-state index contributed by atoms with van der Waals surface area (Å²) in [5.41, 5.74) is 0.132. The molecule has 14 heteroatoms. The third-order valence-electron chi connectivity index (χ3n) is 5.35. The van der Waals surface area contributed by atoms with Gasteiger partial charge in [0, 0.05) is 24.7 Å². The first kappa shape index (κ1) is 25.6. The standard InChI is InChI=1S/C23H22F3N9O2/c1-23(2,37)18(24)10-30-22(36)15-8-28-16(14-9-31-35-11-13(6-27)7-29-21(14)35)5-17(15)32-20-3-4-34(33-20)12-19(25)26/h3-5,7-9,11,18-19,37H,10,12H2,1-2H3,(H,30,36)(H,28,32,33)/t18-/m1/s1. The van der Waals surface area contributed by atoms with Gasteiger partial charge in [-0.05, 0) is 19.9 Å². The molecule has 0 saturated heterocycles. The number of carbonyl (C=O) groups excluding carboxylic acids is 1. The number of nitrogens with zero attached hydrogens (tertiary/aromatic N) is 7. The molecule has 37 heavy (non-hydrogen) atoms. The van der Waals surface area contributed by atoms with Gasteiger partial charge in [-0.2, -0.15) is 15.5 Å². The van der Waals surface area contributed by atoms with E-state index in [1.54, 1.807) is 0 Å². The molecule has 4 aromatic rings. The van der Waals surface area contributed by atoms with Crippen molar-refractivity contribution < 1.29 is 23.1 Å². The minimum Gasteiger partial charge on any atom is -0.387 e. The summed E-state index contributed by atoms with van der Waals surface area (Å²) in [6.07, 6.45) is 2.65. The maximum absolute atomic E-state index is 14.2. The van der Waals surface area contributed by atoms with Gasteiger partial charge in [-0.15, -0.1) is 0 Å². The lowest BCUT2D eigenvalue weighted by Crippen LogP contribution is -2.42. The normalized spacial score (nSPS) is 12.5. The van der Waals surface area contributed by atoms with Crippen LogP contribution in [0.25, 0.3) is 16.9 Å². The Labute approximate surface area is 208 Å². The second-order valence-corrected chi connectivity index (χ2v) is 8.67. The second kappa shape index (κ2) is 10.2. The number of halogens is 3. The quantitative estimate of drug-likeness (QED) is 0.310. The largest absolute Gasteiger partial charge is 0.387 e. The van der Waals surface area contributed by atoms with Crippen molar-refractivity contribution in [3.8, 4) is 17.3 Å². The van der Waals surface area contributed by atoms with Crippen LogP contribution in [-0.2, 0) is 6.54 Å². The zero-order chi connectivity index (χ0) is 26.7. The third-order valence-corrected chi connectivity index (χ3v) is 5.35. The van der Waals surface area contributed by atoms with Crippen LogP contribution in [0.1, 0.15) is 29.8 Å². The first-order chi connectivity index (χ1) is 17.5. The number of alkyl halides is 3. The van der Waals surface area contributed by atoms with Crippen molar-refractivity contribution in [2.75, 3.05) is 11.9 Å². The average Bonchev–Trinajstić information content (AvgIpc) is 3.47. The number of carbonyl (C=O) groups is 1. The fourth-order valence-electron chi connectivity index (χ4n) is 3.34. The van der Waals surface area contributed by atoms with Gasteiger partial charge in [-0.1, -0.05) is 0 Å². The fourth-order valence-corrected chi connectivity index (χ4v) is 3.34. The van der Waals surface area contributed by atoms with Gasteiger partial charge >= 0.3 is 0 Å². The first-order valence-electron chi connectivity index (χ1n) is 11.0. The number of anilines is 2. The van der Waals surface area contributed by atoms with Crippen LogP contribution < -0.4 is 10.6 Å². The fraction of sp³-hybridized carbons (Fsp3) is 0.304. The van der Waals surface area contributed by atoms with Gasteiger partial charge in [0.2, 0.25) is 0 Å². The van der Waals surface area contributed by atoms with E-state index in [-0.39, 0.29) is 17.1 Å². The van der Waals surface area contributed by atoms with Gasteiger partial charge in [0.25, 0.3) is 12.3 Å². The summed E-state index contributed by atoms with van der Waals surface area (Å²) in [4.78, 5) is 21.5. The molecule has 0 aliphatic heterocycles. The van der Waals surface area contributed by atoms with E-state index >= 15 is 0 Å². The van der Waals surface area contributed by atoms with Crippen molar-refractivity contribution in [2.45, 2.75) is 38.6 Å².